The van der Waals surface area contributed by atoms with Crippen molar-refractivity contribution in [3.05, 3.63) is 71.2 Å². The van der Waals surface area contributed by atoms with Gasteiger partial charge in [0.15, 0.2) is 0 Å². The lowest BCUT2D eigenvalue weighted by atomic mass is 10.0. The molecule has 0 radical (unpaired) electrons. The van der Waals surface area contributed by atoms with Crippen molar-refractivity contribution in [1.29, 1.82) is 0 Å². The zero-order chi connectivity index (χ0) is 27.1. The van der Waals surface area contributed by atoms with Crippen LogP contribution >= 0.6 is 11.3 Å². The molecule has 3 aromatic heterocycles. The van der Waals surface area contributed by atoms with E-state index in [4.69, 9.17) is 4.74 Å². The zero-order valence-corrected chi connectivity index (χ0v) is 23.9. The maximum atomic E-state index is 13.1. The van der Waals surface area contributed by atoms with Gasteiger partial charge in [-0.3, -0.25) is 5.10 Å². The van der Waals surface area contributed by atoms with Crippen LogP contribution in [0.15, 0.2) is 65.0 Å². The first-order valence-corrected chi connectivity index (χ1v) is 15.9. The van der Waals surface area contributed by atoms with Crippen LogP contribution in [0, 0.1) is 0 Å². The van der Waals surface area contributed by atoms with E-state index in [0.717, 1.165) is 59.1 Å². The van der Waals surface area contributed by atoms with Gasteiger partial charge >= 0.3 is 0 Å². The highest BCUT2D eigenvalue weighted by Crippen LogP contribution is 2.34. The number of hydrogen-bond acceptors (Lipinski definition) is 7. The minimum absolute atomic E-state index is 0.257. The Morgan fingerprint density at radius 3 is 2.64 bits per heavy atom. The van der Waals surface area contributed by atoms with Gasteiger partial charge in [0.05, 0.1) is 34.4 Å². The number of pyridine rings is 1. The van der Waals surface area contributed by atoms with Crippen LogP contribution in [-0.4, -0.2) is 56.4 Å². The van der Waals surface area contributed by atoms with Crippen molar-refractivity contribution in [2.24, 2.45) is 0 Å². The van der Waals surface area contributed by atoms with E-state index in [1.807, 2.05) is 35.7 Å². The molecule has 0 aliphatic carbocycles. The molecule has 2 N–H and O–H groups in total. The standard InChI is InChI=1S/C29H35N5O3S2/c1-2-3-4-6-22-8-10-24(11-9-22)39(35,36)31-15-13-25-28(32-33-29(25)26-7-5-20-38-26)23-12-14-30-27(21-23)34-16-18-37-19-17-34/h5,7-12,14,20-21,31H,2-4,6,13,15-19H2,1H3,(H,32,33). The molecule has 1 aliphatic rings. The van der Waals surface area contributed by atoms with Gasteiger partial charge in [-0.1, -0.05) is 38.0 Å². The average Bonchev–Trinajstić information content (AvgIpc) is 3.64. The summed E-state index contributed by atoms with van der Waals surface area (Å²) in [4.78, 5) is 8.14. The van der Waals surface area contributed by atoms with E-state index in [9.17, 15) is 8.42 Å². The molecule has 5 rings (SSSR count). The number of anilines is 1. The molecule has 0 bridgehead atoms. The first-order chi connectivity index (χ1) is 19.0. The number of morpholine rings is 1. The van der Waals surface area contributed by atoms with Gasteiger partial charge in [0, 0.05) is 37.0 Å². The summed E-state index contributed by atoms with van der Waals surface area (Å²) < 4.78 is 34.4. The molecule has 0 unspecified atom stereocenters. The molecule has 1 aliphatic heterocycles. The molecule has 0 amide bonds. The van der Waals surface area contributed by atoms with Crippen LogP contribution < -0.4 is 9.62 Å². The highest BCUT2D eigenvalue weighted by molar-refractivity contribution is 7.89. The lowest BCUT2D eigenvalue weighted by Crippen LogP contribution is -2.36. The Kier molecular flexibility index (Phi) is 9.08. The number of hydrogen-bond donors (Lipinski definition) is 2. The lowest BCUT2D eigenvalue weighted by Gasteiger charge is -2.27. The smallest absolute Gasteiger partial charge is 0.240 e. The number of unbranched alkanes of at least 4 members (excludes halogenated alkanes) is 2. The quantitative estimate of drug-likeness (QED) is 0.227. The third-order valence-corrected chi connectivity index (χ3v) is 9.32. The Morgan fingerprint density at radius 2 is 1.90 bits per heavy atom. The Labute approximate surface area is 234 Å². The van der Waals surface area contributed by atoms with Gasteiger partial charge in [0.1, 0.15) is 5.82 Å². The Balaban J connectivity index is 1.33. The summed E-state index contributed by atoms with van der Waals surface area (Å²) in [7, 11) is -3.63. The Morgan fingerprint density at radius 1 is 1.08 bits per heavy atom. The number of aromatic nitrogens is 3. The highest BCUT2D eigenvalue weighted by Gasteiger charge is 2.21. The molecule has 10 heteroatoms. The van der Waals surface area contributed by atoms with Crippen molar-refractivity contribution in [2.45, 2.75) is 43.9 Å². The predicted octanol–water partition coefficient (Wildman–Crippen LogP) is 5.29. The molecule has 1 aromatic carbocycles. The van der Waals surface area contributed by atoms with Gasteiger partial charge in [-0.15, -0.1) is 11.3 Å². The van der Waals surface area contributed by atoms with Crippen molar-refractivity contribution >= 4 is 27.2 Å². The third kappa shape index (κ3) is 6.75. The van der Waals surface area contributed by atoms with Crippen LogP contribution in [0.3, 0.4) is 0 Å². The number of H-pyrrole nitrogens is 1. The second kappa shape index (κ2) is 12.9. The minimum Gasteiger partial charge on any atom is -0.378 e. The number of nitrogens with one attached hydrogen (secondary N) is 2. The number of thiophene rings is 1. The van der Waals surface area contributed by atoms with E-state index in [0.29, 0.717) is 19.6 Å². The summed E-state index contributed by atoms with van der Waals surface area (Å²) in [5, 5.41) is 9.91. The maximum absolute atomic E-state index is 13.1. The number of benzene rings is 1. The first-order valence-electron chi connectivity index (χ1n) is 13.5. The summed E-state index contributed by atoms with van der Waals surface area (Å²) in [6.07, 6.45) is 6.73. The SMILES string of the molecule is CCCCCc1ccc(S(=O)(=O)NCCc2c(-c3ccnc(N4CCOCC4)c3)n[nH]c2-c2cccs2)cc1. The summed E-state index contributed by atoms with van der Waals surface area (Å²) >= 11 is 1.62. The Hall–Kier alpha value is -3.05. The van der Waals surface area contributed by atoms with Gasteiger partial charge in [0.25, 0.3) is 0 Å². The molecule has 4 heterocycles. The maximum Gasteiger partial charge on any atom is 0.240 e. The van der Waals surface area contributed by atoms with Crippen molar-refractivity contribution < 1.29 is 13.2 Å². The zero-order valence-electron chi connectivity index (χ0n) is 22.2. The van der Waals surface area contributed by atoms with Crippen LogP contribution in [0.2, 0.25) is 0 Å². The highest BCUT2D eigenvalue weighted by atomic mass is 32.2. The average molecular weight is 566 g/mol. The van der Waals surface area contributed by atoms with Crippen molar-refractivity contribution in [2.75, 3.05) is 37.7 Å². The van der Waals surface area contributed by atoms with E-state index in [1.165, 1.54) is 18.4 Å². The Bertz CT molecular complexity index is 1440. The van der Waals surface area contributed by atoms with Gasteiger partial charge < -0.3 is 9.64 Å². The monoisotopic (exact) mass is 565 g/mol. The van der Waals surface area contributed by atoms with E-state index < -0.39 is 10.0 Å². The number of ether oxygens (including phenoxy) is 1. The van der Waals surface area contributed by atoms with Crippen molar-refractivity contribution in [3.8, 4) is 21.8 Å². The number of sulfonamides is 1. The molecular formula is C29H35N5O3S2. The summed E-state index contributed by atoms with van der Waals surface area (Å²) in [5.74, 6) is 0.890. The first kappa shape index (κ1) is 27.5. The molecule has 4 aromatic rings. The number of aryl methyl sites for hydroxylation is 1. The molecular weight excluding hydrogens is 530 g/mol. The number of nitrogens with zero attached hydrogens (tertiary/aromatic N) is 3. The largest absolute Gasteiger partial charge is 0.378 e. The number of aromatic amines is 1. The van der Waals surface area contributed by atoms with Gasteiger partial charge in [-0.25, -0.2) is 18.1 Å². The minimum atomic E-state index is -3.63. The molecule has 1 fully saturated rings. The summed E-state index contributed by atoms with van der Waals surface area (Å²) in [5.41, 5.74) is 4.82. The van der Waals surface area contributed by atoms with Crippen molar-refractivity contribution in [1.82, 2.24) is 19.9 Å². The van der Waals surface area contributed by atoms with E-state index in [-0.39, 0.29) is 11.4 Å². The summed E-state index contributed by atoms with van der Waals surface area (Å²) in [6, 6.07) is 15.3. The molecule has 1 saturated heterocycles. The van der Waals surface area contributed by atoms with Crippen molar-refractivity contribution in [3.63, 3.8) is 0 Å². The fourth-order valence-corrected chi connectivity index (χ4v) is 6.59. The van der Waals surface area contributed by atoms with Crippen LogP contribution in [-0.2, 0) is 27.6 Å². The second-order valence-electron chi connectivity index (χ2n) is 9.65. The second-order valence-corrected chi connectivity index (χ2v) is 12.4. The molecule has 8 nitrogen and oxygen atoms in total. The van der Waals surface area contributed by atoms with Crippen LogP contribution in [0.5, 0.6) is 0 Å². The van der Waals surface area contributed by atoms with E-state index in [1.54, 1.807) is 29.7 Å². The molecule has 0 atom stereocenters. The van der Waals surface area contributed by atoms with E-state index in [2.05, 4.69) is 37.8 Å². The van der Waals surface area contributed by atoms with Crippen LogP contribution in [0.4, 0.5) is 5.82 Å². The molecule has 0 saturated carbocycles. The fraction of sp³-hybridized carbons (Fsp3) is 0.379. The molecule has 0 spiro atoms. The fourth-order valence-electron chi connectivity index (χ4n) is 4.81. The predicted molar refractivity (Wildman–Crippen MR) is 157 cm³/mol. The van der Waals surface area contributed by atoms with Gasteiger partial charge in [0.2, 0.25) is 10.0 Å². The van der Waals surface area contributed by atoms with Crippen LogP contribution in [0.1, 0.15) is 37.3 Å². The van der Waals surface area contributed by atoms with E-state index >= 15 is 0 Å². The van der Waals surface area contributed by atoms with Gasteiger partial charge in [-0.2, -0.15) is 5.10 Å². The van der Waals surface area contributed by atoms with Gasteiger partial charge in [-0.05, 0) is 60.5 Å². The normalized spacial score (nSPS) is 14.1. The topological polar surface area (TPSA) is 100 Å². The number of rotatable bonds is 12. The molecule has 39 heavy (non-hydrogen) atoms. The summed E-state index contributed by atoms with van der Waals surface area (Å²) in [6.45, 7) is 5.40. The third-order valence-electron chi connectivity index (χ3n) is 6.96. The lowest BCUT2D eigenvalue weighted by molar-refractivity contribution is 0.122. The molecule has 206 valence electrons. The van der Waals surface area contributed by atoms with Crippen LogP contribution in [0.25, 0.3) is 21.8 Å².